The summed E-state index contributed by atoms with van der Waals surface area (Å²) in [5.74, 6) is 2.85. The smallest absolute Gasteiger partial charge is 0.0136 e. The zero-order chi connectivity index (χ0) is 11.7. The monoisotopic (exact) mass is 230 g/mol. The van der Waals surface area contributed by atoms with Gasteiger partial charge >= 0.3 is 0 Å². The van der Waals surface area contributed by atoms with E-state index in [1.807, 2.05) is 0 Å². The topological polar surface area (TPSA) is 0 Å². The number of rotatable bonds is 4. The van der Waals surface area contributed by atoms with Crippen molar-refractivity contribution in [2.45, 2.75) is 64.7 Å². The van der Waals surface area contributed by atoms with Gasteiger partial charge in [-0.2, -0.15) is 0 Å². The molecule has 3 aliphatic rings. The molecule has 0 saturated heterocycles. The second-order valence-electron chi connectivity index (χ2n) is 6.31. The first-order chi connectivity index (χ1) is 8.38. The van der Waals surface area contributed by atoms with Crippen LogP contribution in [0.15, 0.2) is 23.3 Å². The highest BCUT2D eigenvalue weighted by molar-refractivity contribution is 5.40. The Morgan fingerprint density at radius 1 is 1.06 bits per heavy atom. The van der Waals surface area contributed by atoms with E-state index in [1.165, 1.54) is 57.8 Å². The lowest BCUT2D eigenvalue weighted by molar-refractivity contribution is 0.377. The number of allylic oxidation sites excluding steroid dienone is 4. The fraction of sp³-hybridized carbons (Fsp3) is 0.765. The number of unbranched alkanes of at least 4 members (excludes halogenated alkanes) is 2. The first-order valence-corrected chi connectivity index (χ1v) is 7.80. The van der Waals surface area contributed by atoms with E-state index in [9.17, 15) is 0 Å². The first kappa shape index (κ1) is 11.6. The van der Waals surface area contributed by atoms with E-state index in [4.69, 9.17) is 0 Å². The standard InChI is InChI=1S/C17H26/c1-2-3-4-6-13-9-10-16-11-14-7-5-8-15(14)12-17(13)16/h11-13,16-17H,2-10H2,1H3. The minimum atomic E-state index is 0.915. The Hall–Kier alpha value is -0.520. The largest absolute Gasteiger partial charge is 0.0773 e. The zero-order valence-electron chi connectivity index (χ0n) is 11.3. The third-order valence-electron chi connectivity index (χ3n) is 5.20. The van der Waals surface area contributed by atoms with Crippen molar-refractivity contribution < 1.29 is 0 Å². The molecule has 0 spiro atoms. The highest BCUT2D eigenvalue weighted by atomic mass is 14.4. The quantitative estimate of drug-likeness (QED) is 0.578. The van der Waals surface area contributed by atoms with Crippen LogP contribution in [-0.4, -0.2) is 0 Å². The average molecular weight is 230 g/mol. The van der Waals surface area contributed by atoms with Crippen LogP contribution in [0.5, 0.6) is 0 Å². The lowest BCUT2D eigenvalue weighted by atomic mass is 9.80. The van der Waals surface area contributed by atoms with Crippen LogP contribution < -0.4 is 0 Å². The van der Waals surface area contributed by atoms with E-state index in [0.717, 1.165) is 17.8 Å². The number of fused-ring (bicyclic) bond motifs is 2. The maximum absolute atomic E-state index is 2.69. The molecule has 0 aromatic rings. The molecule has 0 aliphatic heterocycles. The van der Waals surface area contributed by atoms with E-state index < -0.39 is 0 Å². The summed E-state index contributed by atoms with van der Waals surface area (Å²) in [6, 6.07) is 0. The summed E-state index contributed by atoms with van der Waals surface area (Å²) in [6.45, 7) is 2.31. The van der Waals surface area contributed by atoms with Crippen molar-refractivity contribution in [3.63, 3.8) is 0 Å². The molecular formula is C17H26. The molecule has 0 aromatic heterocycles. The Kier molecular flexibility index (Phi) is 3.40. The number of hydrogen-bond acceptors (Lipinski definition) is 0. The third-order valence-corrected chi connectivity index (χ3v) is 5.20. The molecule has 0 nitrogen and oxygen atoms in total. The lowest BCUT2D eigenvalue weighted by Gasteiger charge is -2.25. The van der Waals surface area contributed by atoms with Crippen molar-refractivity contribution >= 4 is 0 Å². The fourth-order valence-corrected chi connectivity index (χ4v) is 4.25. The third kappa shape index (κ3) is 2.23. The SMILES string of the molecule is CCCCCC1CCC2C=C3CCCC3=CC21. The summed E-state index contributed by atoms with van der Waals surface area (Å²) < 4.78 is 0. The molecule has 17 heavy (non-hydrogen) atoms. The van der Waals surface area contributed by atoms with Crippen molar-refractivity contribution in [2.75, 3.05) is 0 Å². The van der Waals surface area contributed by atoms with Crippen LogP contribution >= 0.6 is 0 Å². The van der Waals surface area contributed by atoms with Gasteiger partial charge in [0.2, 0.25) is 0 Å². The summed E-state index contributed by atoms with van der Waals surface area (Å²) in [4.78, 5) is 0. The molecule has 3 rings (SSSR count). The molecule has 0 heteroatoms. The summed E-state index contributed by atoms with van der Waals surface area (Å²) in [7, 11) is 0. The van der Waals surface area contributed by atoms with Crippen molar-refractivity contribution in [2.24, 2.45) is 17.8 Å². The molecule has 0 amide bonds. The lowest BCUT2D eigenvalue weighted by Crippen LogP contribution is -2.15. The van der Waals surface area contributed by atoms with Gasteiger partial charge in [0.25, 0.3) is 0 Å². The molecule has 3 aliphatic carbocycles. The van der Waals surface area contributed by atoms with Gasteiger partial charge in [0.1, 0.15) is 0 Å². The minimum Gasteiger partial charge on any atom is -0.0773 e. The van der Waals surface area contributed by atoms with Crippen LogP contribution in [0.25, 0.3) is 0 Å². The predicted molar refractivity (Wildman–Crippen MR) is 73.9 cm³/mol. The molecule has 0 N–H and O–H groups in total. The van der Waals surface area contributed by atoms with Crippen LogP contribution in [0.1, 0.15) is 64.7 Å². The molecule has 0 heterocycles. The summed E-state index contributed by atoms with van der Waals surface area (Å²) in [6.07, 6.45) is 18.2. The Bertz CT molecular complexity index is 334. The first-order valence-electron chi connectivity index (χ1n) is 7.80. The molecule has 3 atom stereocenters. The second-order valence-corrected chi connectivity index (χ2v) is 6.31. The summed E-state index contributed by atoms with van der Waals surface area (Å²) in [5.41, 5.74) is 3.45. The molecule has 3 unspecified atom stereocenters. The maximum atomic E-state index is 2.69. The van der Waals surface area contributed by atoms with Gasteiger partial charge in [-0.15, -0.1) is 0 Å². The van der Waals surface area contributed by atoms with Gasteiger partial charge in [-0.25, -0.2) is 0 Å². The van der Waals surface area contributed by atoms with Gasteiger partial charge in [0.05, 0.1) is 0 Å². The summed E-state index contributed by atoms with van der Waals surface area (Å²) in [5, 5.41) is 0. The van der Waals surface area contributed by atoms with Crippen molar-refractivity contribution in [3.05, 3.63) is 23.3 Å². The van der Waals surface area contributed by atoms with Crippen molar-refractivity contribution in [1.82, 2.24) is 0 Å². The second kappa shape index (κ2) is 5.00. The highest BCUT2D eigenvalue weighted by Crippen LogP contribution is 2.48. The Labute approximate surface area is 106 Å². The predicted octanol–water partition coefficient (Wildman–Crippen LogP) is 5.26. The summed E-state index contributed by atoms with van der Waals surface area (Å²) >= 11 is 0. The fourth-order valence-electron chi connectivity index (χ4n) is 4.25. The normalized spacial score (nSPS) is 35.2. The zero-order valence-corrected chi connectivity index (χ0v) is 11.3. The Morgan fingerprint density at radius 3 is 2.71 bits per heavy atom. The number of hydrogen-bond donors (Lipinski definition) is 0. The minimum absolute atomic E-state index is 0.915. The van der Waals surface area contributed by atoms with Gasteiger partial charge in [-0.3, -0.25) is 0 Å². The highest BCUT2D eigenvalue weighted by Gasteiger charge is 2.36. The van der Waals surface area contributed by atoms with Crippen molar-refractivity contribution in [1.29, 1.82) is 0 Å². The van der Waals surface area contributed by atoms with Crippen LogP contribution in [0.4, 0.5) is 0 Å². The van der Waals surface area contributed by atoms with E-state index in [0.29, 0.717) is 0 Å². The molecular weight excluding hydrogens is 204 g/mol. The molecule has 2 fully saturated rings. The van der Waals surface area contributed by atoms with Gasteiger partial charge in [0.15, 0.2) is 0 Å². The van der Waals surface area contributed by atoms with Gasteiger partial charge in [-0.05, 0) is 67.4 Å². The van der Waals surface area contributed by atoms with Crippen LogP contribution in [0, 0.1) is 17.8 Å². The van der Waals surface area contributed by atoms with Crippen LogP contribution in [-0.2, 0) is 0 Å². The van der Waals surface area contributed by atoms with E-state index in [2.05, 4.69) is 19.1 Å². The Balaban J connectivity index is 1.66. The molecule has 0 bridgehead atoms. The maximum Gasteiger partial charge on any atom is -0.0136 e. The Morgan fingerprint density at radius 2 is 1.88 bits per heavy atom. The molecule has 94 valence electrons. The average Bonchev–Trinajstić information content (AvgIpc) is 2.93. The van der Waals surface area contributed by atoms with E-state index in [-0.39, 0.29) is 0 Å². The molecule has 0 aromatic carbocycles. The van der Waals surface area contributed by atoms with E-state index in [1.54, 1.807) is 11.1 Å². The van der Waals surface area contributed by atoms with Gasteiger partial charge in [-0.1, -0.05) is 38.3 Å². The van der Waals surface area contributed by atoms with Gasteiger partial charge in [0, 0.05) is 0 Å². The van der Waals surface area contributed by atoms with Crippen LogP contribution in [0.3, 0.4) is 0 Å². The van der Waals surface area contributed by atoms with Gasteiger partial charge < -0.3 is 0 Å². The molecule has 2 saturated carbocycles. The van der Waals surface area contributed by atoms with Crippen molar-refractivity contribution in [3.8, 4) is 0 Å². The van der Waals surface area contributed by atoms with Crippen LogP contribution in [0.2, 0.25) is 0 Å². The van der Waals surface area contributed by atoms with E-state index >= 15 is 0 Å². The molecule has 0 radical (unpaired) electrons.